The van der Waals surface area contributed by atoms with Gasteiger partial charge < -0.3 is 10.1 Å². The molecule has 0 aliphatic rings. The molecule has 0 aliphatic heterocycles. The third-order valence-corrected chi connectivity index (χ3v) is 5.66. The van der Waals surface area contributed by atoms with Crippen molar-refractivity contribution < 1.29 is 23.1 Å². The summed E-state index contributed by atoms with van der Waals surface area (Å²) >= 11 is 0. The van der Waals surface area contributed by atoms with Crippen LogP contribution in [0.15, 0.2) is 48.5 Å². The molecule has 7 heteroatoms. The Kier molecular flexibility index (Phi) is 10.2. The predicted octanol–water partition coefficient (Wildman–Crippen LogP) is 6.27. The van der Waals surface area contributed by atoms with E-state index >= 15 is 0 Å². The summed E-state index contributed by atoms with van der Waals surface area (Å²) in [5, 5.41) is 2.95. The maximum Gasteiger partial charge on any atom is 0.410 e. The molecule has 0 unspecified atom stereocenters. The highest BCUT2D eigenvalue weighted by Gasteiger charge is 2.30. The van der Waals surface area contributed by atoms with Gasteiger partial charge in [-0.1, -0.05) is 38.1 Å². The molecule has 5 nitrogen and oxygen atoms in total. The van der Waals surface area contributed by atoms with Crippen molar-refractivity contribution in [3.63, 3.8) is 0 Å². The average molecular weight is 489 g/mol. The summed E-state index contributed by atoms with van der Waals surface area (Å²) in [5.74, 6) is -0.721. The lowest BCUT2D eigenvalue weighted by molar-refractivity contribution is -0.126. The summed E-state index contributed by atoms with van der Waals surface area (Å²) in [6.45, 7) is 9.77. The monoisotopic (exact) mass is 488 g/mol. The molecule has 1 atom stereocenters. The number of benzene rings is 2. The Hall–Kier alpha value is -2.96. The van der Waals surface area contributed by atoms with Crippen molar-refractivity contribution >= 4 is 12.0 Å². The van der Waals surface area contributed by atoms with Crippen LogP contribution in [0.25, 0.3) is 0 Å². The molecule has 0 spiro atoms. The topological polar surface area (TPSA) is 58.6 Å². The Morgan fingerprint density at radius 3 is 1.86 bits per heavy atom. The van der Waals surface area contributed by atoms with Crippen LogP contribution in [0, 0.1) is 17.6 Å². The number of rotatable bonds is 10. The minimum Gasteiger partial charge on any atom is -0.444 e. The van der Waals surface area contributed by atoms with Gasteiger partial charge in [-0.25, -0.2) is 13.6 Å². The first-order valence-electron chi connectivity index (χ1n) is 12.1. The molecular weight excluding hydrogens is 450 g/mol. The van der Waals surface area contributed by atoms with Crippen LogP contribution in [-0.2, 0) is 9.53 Å². The van der Waals surface area contributed by atoms with E-state index in [9.17, 15) is 18.4 Å². The number of hydrogen-bond acceptors (Lipinski definition) is 3. The SMILES string of the molecule is CC(C)C[C@@H](C(=O)NCCCC(c1ccc(F)cc1)c1ccc(F)cc1)N(C)C(=O)OC(C)(C)C. The zero-order valence-corrected chi connectivity index (χ0v) is 21.6. The summed E-state index contributed by atoms with van der Waals surface area (Å²) in [5.41, 5.74) is 1.19. The molecule has 0 fully saturated rings. The van der Waals surface area contributed by atoms with Gasteiger partial charge in [0, 0.05) is 19.5 Å². The Labute approximate surface area is 207 Å². The zero-order valence-electron chi connectivity index (χ0n) is 21.6. The number of halogens is 2. The van der Waals surface area contributed by atoms with Gasteiger partial charge in [0.05, 0.1) is 0 Å². The molecular formula is C28H38F2N2O3. The maximum atomic E-state index is 13.4. The molecule has 0 aliphatic carbocycles. The predicted molar refractivity (Wildman–Crippen MR) is 134 cm³/mol. The molecule has 0 heterocycles. The molecule has 0 saturated heterocycles. The van der Waals surface area contributed by atoms with Crippen molar-refractivity contribution in [2.24, 2.45) is 5.92 Å². The van der Waals surface area contributed by atoms with Crippen molar-refractivity contribution in [1.82, 2.24) is 10.2 Å². The lowest BCUT2D eigenvalue weighted by atomic mass is 9.87. The van der Waals surface area contributed by atoms with E-state index in [4.69, 9.17) is 4.74 Å². The average Bonchev–Trinajstić information content (AvgIpc) is 2.77. The number of nitrogens with zero attached hydrogens (tertiary/aromatic N) is 1. The van der Waals surface area contributed by atoms with E-state index in [0.717, 1.165) is 11.1 Å². The summed E-state index contributed by atoms with van der Waals surface area (Å²) in [4.78, 5) is 26.9. The van der Waals surface area contributed by atoms with E-state index in [1.807, 2.05) is 13.8 Å². The van der Waals surface area contributed by atoms with Crippen LogP contribution in [0.3, 0.4) is 0 Å². The van der Waals surface area contributed by atoms with E-state index in [1.54, 1.807) is 52.1 Å². The van der Waals surface area contributed by atoms with E-state index in [2.05, 4.69) is 5.32 Å². The largest absolute Gasteiger partial charge is 0.444 e. The van der Waals surface area contributed by atoms with Gasteiger partial charge >= 0.3 is 6.09 Å². The molecule has 1 N–H and O–H groups in total. The number of likely N-dealkylation sites (N-methyl/N-ethyl adjacent to an activating group) is 1. The van der Waals surface area contributed by atoms with E-state index < -0.39 is 17.7 Å². The molecule has 35 heavy (non-hydrogen) atoms. The Morgan fingerprint density at radius 2 is 1.43 bits per heavy atom. The van der Waals surface area contributed by atoms with E-state index in [1.165, 1.54) is 29.2 Å². The quantitative estimate of drug-likeness (QED) is 0.401. The highest BCUT2D eigenvalue weighted by molar-refractivity contribution is 5.85. The number of hydrogen-bond donors (Lipinski definition) is 1. The van der Waals surface area contributed by atoms with Gasteiger partial charge in [-0.15, -0.1) is 0 Å². The van der Waals surface area contributed by atoms with E-state index in [-0.39, 0.29) is 29.4 Å². The molecule has 192 valence electrons. The van der Waals surface area contributed by atoms with Crippen molar-refractivity contribution in [3.8, 4) is 0 Å². The molecule has 2 aromatic rings. The third kappa shape index (κ3) is 9.30. The molecule has 0 saturated carbocycles. The normalized spacial score (nSPS) is 12.5. The Balaban J connectivity index is 2.04. The molecule has 2 aromatic carbocycles. The second-order valence-electron chi connectivity index (χ2n) is 10.3. The third-order valence-electron chi connectivity index (χ3n) is 5.66. The van der Waals surface area contributed by atoms with Crippen molar-refractivity contribution in [2.45, 2.75) is 71.4 Å². The van der Waals surface area contributed by atoms with Gasteiger partial charge in [0.1, 0.15) is 23.3 Å². The van der Waals surface area contributed by atoms with Gasteiger partial charge in [-0.2, -0.15) is 0 Å². The number of amides is 2. The van der Waals surface area contributed by atoms with Gasteiger partial charge in [0.25, 0.3) is 0 Å². The van der Waals surface area contributed by atoms with Crippen LogP contribution >= 0.6 is 0 Å². The molecule has 2 rings (SSSR count). The number of carbonyl (C=O) groups excluding carboxylic acids is 2. The maximum absolute atomic E-state index is 13.4. The van der Waals surface area contributed by atoms with Crippen molar-refractivity contribution in [1.29, 1.82) is 0 Å². The van der Waals surface area contributed by atoms with Crippen LogP contribution in [0.4, 0.5) is 13.6 Å². The van der Waals surface area contributed by atoms with Crippen LogP contribution in [0.2, 0.25) is 0 Å². The van der Waals surface area contributed by atoms with Crippen LogP contribution < -0.4 is 5.32 Å². The standard InChI is InChI=1S/C28H38F2N2O3/c1-19(2)18-25(32(6)27(34)35-28(3,4)5)26(33)31-17-7-8-24(20-9-13-22(29)14-10-20)21-11-15-23(30)16-12-21/h9-16,19,24-25H,7-8,17-18H2,1-6H3,(H,31,33)/t25-/m0/s1. The van der Waals surface area contributed by atoms with Gasteiger partial charge in [-0.3, -0.25) is 9.69 Å². The smallest absolute Gasteiger partial charge is 0.410 e. The fourth-order valence-electron chi connectivity index (χ4n) is 3.90. The lowest BCUT2D eigenvalue weighted by Gasteiger charge is -2.31. The minimum atomic E-state index is -0.653. The Morgan fingerprint density at radius 1 is 0.943 bits per heavy atom. The second kappa shape index (κ2) is 12.7. The van der Waals surface area contributed by atoms with Crippen LogP contribution in [0.1, 0.15) is 70.9 Å². The van der Waals surface area contributed by atoms with Gasteiger partial charge in [-0.05, 0) is 81.3 Å². The van der Waals surface area contributed by atoms with Crippen LogP contribution in [0.5, 0.6) is 0 Å². The Bertz CT molecular complexity index is 908. The van der Waals surface area contributed by atoms with Crippen molar-refractivity contribution in [3.05, 3.63) is 71.3 Å². The number of carbonyl (C=O) groups is 2. The van der Waals surface area contributed by atoms with Gasteiger partial charge in [0.15, 0.2) is 0 Å². The highest BCUT2D eigenvalue weighted by Crippen LogP contribution is 2.29. The summed E-state index contributed by atoms with van der Waals surface area (Å²) in [7, 11) is 1.58. The molecule has 0 aromatic heterocycles. The minimum absolute atomic E-state index is 0.0657. The summed E-state index contributed by atoms with van der Waals surface area (Å²) in [6, 6.07) is 11.9. The van der Waals surface area contributed by atoms with Crippen LogP contribution in [-0.4, -0.2) is 42.1 Å². The molecule has 2 amide bonds. The summed E-state index contributed by atoms with van der Waals surface area (Å²) < 4.78 is 32.3. The zero-order chi connectivity index (χ0) is 26.2. The van der Waals surface area contributed by atoms with Gasteiger partial charge in [0.2, 0.25) is 5.91 Å². The first kappa shape index (κ1) is 28.3. The number of nitrogens with one attached hydrogen (secondary N) is 1. The molecule has 0 bridgehead atoms. The highest BCUT2D eigenvalue weighted by atomic mass is 19.1. The second-order valence-corrected chi connectivity index (χ2v) is 10.3. The first-order valence-corrected chi connectivity index (χ1v) is 12.1. The molecule has 0 radical (unpaired) electrons. The van der Waals surface area contributed by atoms with E-state index in [0.29, 0.717) is 25.8 Å². The summed E-state index contributed by atoms with van der Waals surface area (Å²) in [6.07, 6.45) is 1.30. The fourth-order valence-corrected chi connectivity index (χ4v) is 3.90. The first-order chi connectivity index (χ1) is 16.4. The van der Waals surface area contributed by atoms with Crippen molar-refractivity contribution in [2.75, 3.05) is 13.6 Å². The fraction of sp³-hybridized carbons (Fsp3) is 0.500. The number of ether oxygens (including phenoxy) is 1. The lowest BCUT2D eigenvalue weighted by Crippen LogP contribution is -2.49.